The highest BCUT2D eigenvalue weighted by atomic mass is 79.9. The summed E-state index contributed by atoms with van der Waals surface area (Å²) >= 11 is 6.03. The molecule has 1 aromatic carbocycles. The fraction of sp³-hybridized carbons (Fsp3) is 0. The molecular weight excluding hydrogens is 277 g/mol. The maximum atomic E-state index is 13.0. The van der Waals surface area contributed by atoms with Gasteiger partial charge < -0.3 is 0 Å². The lowest BCUT2D eigenvalue weighted by Crippen LogP contribution is -1.86. The summed E-state index contributed by atoms with van der Waals surface area (Å²) in [4.78, 5) is 0. The topological polar surface area (TPSA) is 23.8 Å². The number of halogens is 3. The summed E-state index contributed by atoms with van der Waals surface area (Å²) in [5.74, 6) is -0.526. The van der Waals surface area contributed by atoms with Gasteiger partial charge in [-0.3, -0.25) is 0 Å². The molecule has 1 nitrogen and oxygen atoms in total. The Kier molecular flexibility index (Phi) is 2.63. The highest BCUT2D eigenvalue weighted by molar-refractivity contribution is 9.11. The second-order valence-corrected chi connectivity index (χ2v) is 3.54. The molecular formula is C7H2Br2FN. The van der Waals surface area contributed by atoms with Crippen LogP contribution in [0.5, 0.6) is 0 Å². The number of nitrogens with zero attached hydrogens (tertiary/aromatic N) is 1. The predicted molar refractivity (Wildman–Crippen MR) is 46.5 cm³/mol. The van der Waals surface area contributed by atoms with E-state index in [1.165, 1.54) is 0 Å². The van der Waals surface area contributed by atoms with E-state index < -0.39 is 5.82 Å². The Bertz CT molecular complexity index is 330. The summed E-state index contributed by atoms with van der Waals surface area (Å²) in [5, 5.41) is 8.48. The molecule has 0 aliphatic heterocycles. The van der Waals surface area contributed by atoms with E-state index >= 15 is 0 Å². The molecule has 1 rings (SSSR count). The van der Waals surface area contributed by atoms with Crippen LogP contribution in [0.3, 0.4) is 0 Å². The molecule has 0 heterocycles. The van der Waals surface area contributed by atoms with Crippen molar-refractivity contribution in [2.24, 2.45) is 0 Å². The van der Waals surface area contributed by atoms with Crippen LogP contribution in [-0.2, 0) is 0 Å². The van der Waals surface area contributed by atoms with Crippen molar-refractivity contribution < 1.29 is 4.39 Å². The molecule has 56 valence electrons. The maximum absolute atomic E-state index is 13.0. The van der Waals surface area contributed by atoms with Gasteiger partial charge in [0, 0.05) is 4.47 Å². The van der Waals surface area contributed by atoms with Crippen LogP contribution in [0.4, 0.5) is 4.39 Å². The van der Waals surface area contributed by atoms with E-state index in [2.05, 4.69) is 31.9 Å². The second-order valence-electron chi connectivity index (χ2n) is 1.83. The third kappa shape index (κ3) is 1.60. The summed E-state index contributed by atoms with van der Waals surface area (Å²) in [6, 6.07) is 4.91. The number of rotatable bonds is 0. The van der Waals surface area contributed by atoms with Crippen molar-refractivity contribution in [3.05, 3.63) is 32.5 Å². The molecule has 0 unspecified atom stereocenters. The van der Waals surface area contributed by atoms with Gasteiger partial charge in [-0.15, -0.1) is 0 Å². The lowest BCUT2D eigenvalue weighted by Gasteiger charge is -1.97. The van der Waals surface area contributed by atoms with E-state index in [1.807, 2.05) is 0 Å². The molecule has 0 spiro atoms. The van der Waals surface area contributed by atoms with Gasteiger partial charge in [-0.2, -0.15) is 5.26 Å². The van der Waals surface area contributed by atoms with Crippen LogP contribution < -0.4 is 0 Å². The molecule has 0 aromatic heterocycles. The first-order valence-electron chi connectivity index (χ1n) is 2.70. The SMILES string of the molecule is N#Cc1c(Br)ccc(Br)c1F. The molecule has 0 saturated heterocycles. The highest BCUT2D eigenvalue weighted by Gasteiger charge is 2.08. The van der Waals surface area contributed by atoms with Crippen LogP contribution in [0.2, 0.25) is 0 Å². The van der Waals surface area contributed by atoms with Crippen molar-refractivity contribution in [1.29, 1.82) is 5.26 Å². The number of nitriles is 1. The third-order valence-electron chi connectivity index (χ3n) is 1.16. The van der Waals surface area contributed by atoms with Crippen LogP contribution in [-0.4, -0.2) is 0 Å². The monoisotopic (exact) mass is 277 g/mol. The van der Waals surface area contributed by atoms with Crippen molar-refractivity contribution in [3.8, 4) is 6.07 Å². The van der Waals surface area contributed by atoms with Crippen molar-refractivity contribution in [3.63, 3.8) is 0 Å². The van der Waals surface area contributed by atoms with Gasteiger partial charge in [-0.1, -0.05) is 0 Å². The maximum Gasteiger partial charge on any atom is 0.156 e. The van der Waals surface area contributed by atoms with Crippen molar-refractivity contribution in [2.45, 2.75) is 0 Å². The minimum absolute atomic E-state index is 0.0272. The quantitative estimate of drug-likeness (QED) is 0.669. The van der Waals surface area contributed by atoms with Gasteiger partial charge in [0.2, 0.25) is 0 Å². The van der Waals surface area contributed by atoms with E-state index in [0.717, 1.165) is 0 Å². The summed E-state index contributed by atoms with van der Waals surface area (Å²) in [6.07, 6.45) is 0. The smallest absolute Gasteiger partial charge is 0.156 e. The lowest BCUT2D eigenvalue weighted by atomic mass is 10.2. The molecule has 0 bridgehead atoms. The molecule has 4 heteroatoms. The Balaban J connectivity index is 3.44. The highest BCUT2D eigenvalue weighted by Crippen LogP contribution is 2.24. The van der Waals surface area contributed by atoms with E-state index in [4.69, 9.17) is 5.26 Å². The lowest BCUT2D eigenvalue weighted by molar-refractivity contribution is 0.616. The zero-order valence-corrected chi connectivity index (χ0v) is 8.41. The molecule has 0 N–H and O–H groups in total. The Morgan fingerprint density at radius 3 is 2.27 bits per heavy atom. The Labute approximate surface area is 80.1 Å². The average Bonchev–Trinajstić information content (AvgIpc) is 1.99. The first kappa shape index (κ1) is 8.69. The molecule has 0 aliphatic carbocycles. The third-order valence-corrected chi connectivity index (χ3v) is 2.43. The number of hydrogen-bond donors (Lipinski definition) is 0. The molecule has 0 radical (unpaired) electrons. The summed E-state index contributed by atoms with van der Waals surface area (Å²) in [6.45, 7) is 0. The largest absolute Gasteiger partial charge is 0.204 e. The molecule has 0 atom stereocenters. The van der Waals surface area contributed by atoms with Gasteiger partial charge in [0.15, 0.2) is 5.82 Å². The van der Waals surface area contributed by atoms with Crippen LogP contribution >= 0.6 is 31.9 Å². The van der Waals surface area contributed by atoms with E-state index in [-0.39, 0.29) is 5.56 Å². The Hall–Kier alpha value is -0.400. The molecule has 1 aromatic rings. The minimum atomic E-state index is -0.526. The fourth-order valence-electron chi connectivity index (χ4n) is 0.630. The van der Waals surface area contributed by atoms with Crippen molar-refractivity contribution in [1.82, 2.24) is 0 Å². The van der Waals surface area contributed by atoms with Crippen molar-refractivity contribution in [2.75, 3.05) is 0 Å². The molecule has 11 heavy (non-hydrogen) atoms. The predicted octanol–water partition coefficient (Wildman–Crippen LogP) is 3.22. The van der Waals surface area contributed by atoms with Crippen LogP contribution in [0.15, 0.2) is 21.1 Å². The van der Waals surface area contributed by atoms with Gasteiger partial charge in [0.05, 0.1) is 4.47 Å². The summed E-state index contributed by atoms with van der Waals surface area (Å²) in [7, 11) is 0. The molecule has 0 aliphatic rings. The first-order valence-corrected chi connectivity index (χ1v) is 4.29. The normalized spacial score (nSPS) is 9.27. The zero-order chi connectivity index (χ0) is 8.43. The van der Waals surface area contributed by atoms with Crippen LogP contribution in [0.25, 0.3) is 0 Å². The molecule has 0 amide bonds. The summed E-state index contributed by atoms with van der Waals surface area (Å²) in [5.41, 5.74) is 0.0272. The number of hydrogen-bond acceptors (Lipinski definition) is 1. The van der Waals surface area contributed by atoms with Gasteiger partial charge in [-0.25, -0.2) is 4.39 Å². The van der Waals surface area contributed by atoms with Crippen molar-refractivity contribution >= 4 is 31.9 Å². The Morgan fingerprint density at radius 1 is 1.27 bits per heavy atom. The van der Waals surface area contributed by atoms with Gasteiger partial charge in [0.1, 0.15) is 11.6 Å². The standard InChI is InChI=1S/C7H2Br2FN/c8-5-1-2-6(9)7(10)4(5)3-11/h1-2H. The average molecular weight is 279 g/mol. The zero-order valence-electron chi connectivity index (χ0n) is 5.24. The Morgan fingerprint density at radius 2 is 1.82 bits per heavy atom. The van der Waals surface area contributed by atoms with Gasteiger partial charge in [-0.05, 0) is 44.0 Å². The number of benzene rings is 1. The molecule has 0 fully saturated rings. The second kappa shape index (κ2) is 3.33. The molecule has 0 saturated carbocycles. The first-order chi connectivity index (χ1) is 5.16. The van der Waals surface area contributed by atoms with Crippen LogP contribution in [0.1, 0.15) is 5.56 Å². The summed E-state index contributed by atoms with van der Waals surface area (Å²) < 4.78 is 13.7. The van der Waals surface area contributed by atoms with Gasteiger partial charge in [0.25, 0.3) is 0 Å². The minimum Gasteiger partial charge on any atom is -0.204 e. The van der Waals surface area contributed by atoms with E-state index in [9.17, 15) is 4.39 Å². The van der Waals surface area contributed by atoms with E-state index in [1.54, 1.807) is 18.2 Å². The van der Waals surface area contributed by atoms with Gasteiger partial charge >= 0.3 is 0 Å². The fourth-order valence-corrected chi connectivity index (χ4v) is 1.35. The van der Waals surface area contributed by atoms with Crippen LogP contribution in [0, 0.1) is 17.1 Å². The van der Waals surface area contributed by atoms with E-state index in [0.29, 0.717) is 8.95 Å².